The zero-order valence-electron chi connectivity index (χ0n) is 22.4. The van der Waals surface area contributed by atoms with E-state index in [9.17, 15) is 0 Å². The molecular formula is C33H52O. The van der Waals surface area contributed by atoms with Crippen molar-refractivity contribution < 1.29 is 4.74 Å². The van der Waals surface area contributed by atoms with Crippen molar-refractivity contribution in [2.75, 3.05) is 6.61 Å². The third-order valence-electron chi connectivity index (χ3n) is 9.43. The summed E-state index contributed by atoms with van der Waals surface area (Å²) < 4.78 is 6.38. The molecule has 4 rings (SSSR count). The standard InChI is InChI=1S/C33H52O/c1-3-5-6-8-27-9-11-28(12-10-27)25-34-33-23-21-32(22-24-33)31-19-17-30(18-20-31)29-15-13-26(7-4-2)14-16-29/h17-21,23,26-29,32-33H,3-16,22,24-25H2,1-2H3. The predicted molar refractivity (Wildman–Crippen MR) is 146 cm³/mol. The van der Waals surface area contributed by atoms with Gasteiger partial charge in [0, 0.05) is 5.92 Å². The van der Waals surface area contributed by atoms with Gasteiger partial charge in [-0.2, -0.15) is 0 Å². The van der Waals surface area contributed by atoms with Crippen LogP contribution in [0.3, 0.4) is 0 Å². The van der Waals surface area contributed by atoms with Gasteiger partial charge in [-0.15, -0.1) is 0 Å². The molecule has 1 aromatic rings. The first kappa shape index (κ1) is 26.0. The smallest absolute Gasteiger partial charge is 0.0756 e. The minimum Gasteiger partial charge on any atom is -0.374 e. The summed E-state index contributed by atoms with van der Waals surface area (Å²) in [6, 6.07) is 9.72. The number of allylic oxidation sites excluding steroid dienone is 1. The molecule has 3 aliphatic rings. The van der Waals surface area contributed by atoms with Gasteiger partial charge in [0.1, 0.15) is 0 Å². The first-order valence-corrected chi connectivity index (χ1v) is 15.1. The lowest BCUT2D eigenvalue weighted by Gasteiger charge is -2.30. The molecule has 0 amide bonds. The Labute approximate surface area is 211 Å². The van der Waals surface area contributed by atoms with Crippen LogP contribution in [0.4, 0.5) is 0 Å². The van der Waals surface area contributed by atoms with Crippen molar-refractivity contribution in [1.29, 1.82) is 0 Å². The van der Waals surface area contributed by atoms with Gasteiger partial charge < -0.3 is 4.74 Å². The highest BCUT2D eigenvalue weighted by Gasteiger charge is 2.24. The van der Waals surface area contributed by atoms with Gasteiger partial charge in [0.25, 0.3) is 0 Å². The molecule has 0 aromatic heterocycles. The van der Waals surface area contributed by atoms with E-state index in [-0.39, 0.29) is 0 Å². The van der Waals surface area contributed by atoms with E-state index in [2.05, 4.69) is 50.3 Å². The minimum atomic E-state index is 0.344. The molecule has 2 atom stereocenters. The Morgan fingerprint density at radius 1 is 0.618 bits per heavy atom. The topological polar surface area (TPSA) is 9.23 Å². The monoisotopic (exact) mass is 464 g/mol. The summed E-state index contributed by atoms with van der Waals surface area (Å²) in [5.41, 5.74) is 3.08. The van der Waals surface area contributed by atoms with Gasteiger partial charge in [-0.1, -0.05) is 102 Å². The maximum absolute atomic E-state index is 6.38. The Kier molecular flexibility index (Phi) is 10.6. The second kappa shape index (κ2) is 13.9. The maximum atomic E-state index is 6.38. The average Bonchev–Trinajstić information content (AvgIpc) is 2.89. The lowest BCUT2D eigenvalue weighted by molar-refractivity contribution is 0.0332. The number of benzene rings is 1. The Morgan fingerprint density at radius 3 is 1.91 bits per heavy atom. The van der Waals surface area contributed by atoms with Crippen LogP contribution in [0.25, 0.3) is 0 Å². The van der Waals surface area contributed by atoms with E-state index in [1.807, 2.05) is 0 Å². The maximum Gasteiger partial charge on any atom is 0.0756 e. The van der Waals surface area contributed by atoms with Crippen molar-refractivity contribution in [2.24, 2.45) is 17.8 Å². The molecular weight excluding hydrogens is 412 g/mol. The zero-order chi connectivity index (χ0) is 23.6. The third-order valence-corrected chi connectivity index (χ3v) is 9.43. The quantitative estimate of drug-likeness (QED) is 0.234. The van der Waals surface area contributed by atoms with Crippen molar-refractivity contribution in [1.82, 2.24) is 0 Å². The average molecular weight is 465 g/mol. The molecule has 1 aromatic carbocycles. The fourth-order valence-corrected chi connectivity index (χ4v) is 7.05. The van der Waals surface area contributed by atoms with Crippen LogP contribution in [-0.4, -0.2) is 12.7 Å². The van der Waals surface area contributed by atoms with Crippen LogP contribution in [-0.2, 0) is 4.74 Å². The fraction of sp³-hybridized carbons (Fsp3) is 0.758. The third kappa shape index (κ3) is 7.71. The number of hydrogen-bond acceptors (Lipinski definition) is 1. The van der Waals surface area contributed by atoms with Gasteiger partial charge in [-0.25, -0.2) is 0 Å². The highest BCUT2D eigenvalue weighted by molar-refractivity contribution is 5.31. The van der Waals surface area contributed by atoms with Gasteiger partial charge in [-0.05, 0) is 86.2 Å². The van der Waals surface area contributed by atoms with Gasteiger partial charge in [0.15, 0.2) is 0 Å². The Morgan fingerprint density at radius 2 is 1.26 bits per heavy atom. The van der Waals surface area contributed by atoms with E-state index in [1.165, 1.54) is 108 Å². The predicted octanol–water partition coefficient (Wildman–Crippen LogP) is 9.97. The van der Waals surface area contributed by atoms with Crippen LogP contribution >= 0.6 is 0 Å². The van der Waals surface area contributed by atoms with E-state index < -0.39 is 0 Å². The van der Waals surface area contributed by atoms with Gasteiger partial charge in [0.2, 0.25) is 0 Å². The van der Waals surface area contributed by atoms with Crippen LogP contribution in [0, 0.1) is 17.8 Å². The molecule has 1 heteroatoms. The van der Waals surface area contributed by atoms with Crippen molar-refractivity contribution in [3.05, 3.63) is 47.5 Å². The van der Waals surface area contributed by atoms with Crippen LogP contribution in [0.5, 0.6) is 0 Å². The second-order valence-corrected chi connectivity index (χ2v) is 12.0. The van der Waals surface area contributed by atoms with Gasteiger partial charge in [-0.3, -0.25) is 0 Å². The molecule has 3 aliphatic carbocycles. The summed E-state index contributed by atoms with van der Waals surface area (Å²) in [5.74, 6) is 4.17. The zero-order valence-corrected chi connectivity index (χ0v) is 22.4. The highest BCUT2D eigenvalue weighted by Crippen LogP contribution is 2.38. The summed E-state index contributed by atoms with van der Waals surface area (Å²) in [6.45, 7) is 5.63. The summed E-state index contributed by atoms with van der Waals surface area (Å²) in [6.07, 6.45) is 27.4. The molecule has 34 heavy (non-hydrogen) atoms. The SMILES string of the molecule is CCCCCC1CCC(COC2C=CC(c3ccc(C4CCC(CCC)CC4)cc3)CC2)CC1. The van der Waals surface area contributed by atoms with Crippen LogP contribution in [0.1, 0.15) is 140 Å². The molecule has 0 spiro atoms. The van der Waals surface area contributed by atoms with E-state index >= 15 is 0 Å². The summed E-state index contributed by atoms with van der Waals surface area (Å²) >= 11 is 0. The Bertz CT molecular complexity index is 703. The molecule has 0 bridgehead atoms. The highest BCUT2D eigenvalue weighted by atomic mass is 16.5. The first-order chi connectivity index (χ1) is 16.7. The Hall–Kier alpha value is -1.08. The lowest BCUT2D eigenvalue weighted by Crippen LogP contribution is -2.23. The number of hydrogen-bond donors (Lipinski definition) is 0. The molecule has 0 aliphatic heterocycles. The molecule has 190 valence electrons. The van der Waals surface area contributed by atoms with E-state index in [0.29, 0.717) is 12.0 Å². The van der Waals surface area contributed by atoms with Crippen LogP contribution in [0.15, 0.2) is 36.4 Å². The number of ether oxygens (including phenoxy) is 1. The van der Waals surface area contributed by atoms with Crippen LogP contribution in [0.2, 0.25) is 0 Å². The molecule has 2 saturated carbocycles. The molecule has 0 radical (unpaired) electrons. The first-order valence-electron chi connectivity index (χ1n) is 15.1. The molecule has 2 unspecified atom stereocenters. The summed E-state index contributed by atoms with van der Waals surface area (Å²) in [5, 5.41) is 0. The Balaban J connectivity index is 1.16. The van der Waals surface area contributed by atoms with Crippen molar-refractivity contribution in [3.8, 4) is 0 Å². The summed E-state index contributed by atoms with van der Waals surface area (Å²) in [4.78, 5) is 0. The number of unbranched alkanes of at least 4 members (excludes halogenated alkanes) is 2. The molecule has 0 saturated heterocycles. The van der Waals surface area contributed by atoms with Gasteiger partial charge in [0.05, 0.1) is 12.7 Å². The normalized spacial score (nSPS) is 32.1. The van der Waals surface area contributed by atoms with Crippen molar-refractivity contribution in [2.45, 2.75) is 135 Å². The van der Waals surface area contributed by atoms with Crippen molar-refractivity contribution in [3.63, 3.8) is 0 Å². The molecule has 0 N–H and O–H groups in total. The lowest BCUT2D eigenvalue weighted by atomic mass is 9.77. The second-order valence-electron chi connectivity index (χ2n) is 12.0. The molecule has 0 heterocycles. The summed E-state index contributed by atoms with van der Waals surface area (Å²) in [7, 11) is 0. The molecule has 1 nitrogen and oxygen atoms in total. The van der Waals surface area contributed by atoms with Crippen molar-refractivity contribution >= 4 is 0 Å². The van der Waals surface area contributed by atoms with E-state index in [4.69, 9.17) is 4.74 Å². The van der Waals surface area contributed by atoms with E-state index in [1.54, 1.807) is 5.56 Å². The van der Waals surface area contributed by atoms with Crippen LogP contribution < -0.4 is 0 Å². The molecule has 2 fully saturated rings. The van der Waals surface area contributed by atoms with Gasteiger partial charge >= 0.3 is 0 Å². The minimum absolute atomic E-state index is 0.344. The largest absolute Gasteiger partial charge is 0.374 e. The fourth-order valence-electron chi connectivity index (χ4n) is 7.05. The van der Waals surface area contributed by atoms with E-state index in [0.717, 1.165) is 30.3 Å². The number of rotatable bonds is 11.